The third-order valence-electron chi connectivity index (χ3n) is 3.60. The third-order valence-corrected chi connectivity index (χ3v) is 3.90. The van der Waals surface area contributed by atoms with Gasteiger partial charge >= 0.3 is 6.03 Å². The van der Waals surface area contributed by atoms with E-state index in [0.717, 1.165) is 11.3 Å². The average Bonchev–Trinajstić information content (AvgIpc) is 3.15. The molecule has 0 fully saturated rings. The van der Waals surface area contributed by atoms with E-state index in [-0.39, 0.29) is 6.03 Å². The van der Waals surface area contributed by atoms with Crippen LogP contribution in [0.1, 0.15) is 5.56 Å². The van der Waals surface area contributed by atoms with Gasteiger partial charge in [-0.05, 0) is 23.8 Å². The average molecular weight is 372 g/mol. The van der Waals surface area contributed by atoms with Gasteiger partial charge in [0, 0.05) is 26.8 Å². The minimum Gasteiger partial charge on any atom is -0.375 e. The molecule has 0 bridgehead atoms. The molecule has 0 saturated carbocycles. The number of hydrogen-bond donors (Lipinski definition) is 2. The van der Waals surface area contributed by atoms with Gasteiger partial charge in [0.05, 0.1) is 16.4 Å². The van der Waals surface area contributed by atoms with Gasteiger partial charge in [-0.3, -0.25) is 0 Å². The zero-order chi connectivity index (χ0) is 18.5. The minimum absolute atomic E-state index is 0.323. The molecular weight excluding hydrogens is 354 g/mol. The number of carbonyl (C=O) groups is 1. The van der Waals surface area contributed by atoms with Crippen LogP contribution in [0.5, 0.6) is 0 Å². The van der Waals surface area contributed by atoms with Gasteiger partial charge in [0.25, 0.3) is 0 Å². The number of halogens is 1. The molecule has 2 heterocycles. The lowest BCUT2D eigenvalue weighted by Crippen LogP contribution is -2.29. The molecule has 2 aromatic heterocycles. The molecule has 0 spiro atoms. The molecule has 0 aliphatic carbocycles. The fraction of sp³-hybridized carbons (Fsp3) is 0.176. The molecule has 8 nitrogen and oxygen atoms in total. The molecule has 2 N–H and O–H groups in total. The molecule has 0 aliphatic rings. The van der Waals surface area contributed by atoms with Crippen molar-refractivity contribution in [2.75, 3.05) is 24.3 Å². The Hall–Kier alpha value is -3.13. The van der Waals surface area contributed by atoms with E-state index >= 15 is 0 Å². The third kappa shape index (κ3) is 4.09. The number of urea groups is 1. The Labute approximate surface area is 155 Å². The number of nitrogens with zero attached hydrogens (tertiary/aromatic N) is 5. The van der Waals surface area contributed by atoms with Crippen LogP contribution in [0.3, 0.4) is 0 Å². The maximum Gasteiger partial charge on any atom is 0.319 e. The predicted octanol–water partition coefficient (Wildman–Crippen LogP) is 2.70. The molecule has 134 valence electrons. The molecule has 9 heteroatoms. The minimum atomic E-state index is -0.323. The highest BCUT2D eigenvalue weighted by Crippen LogP contribution is 2.32. The van der Waals surface area contributed by atoms with E-state index in [1.807, 2.05) is 31.1 Å². The van der Waals surface area contributed by atoms with Crippen LogP contribution in [0, 0.1) is 0 Å². The number of para-hydroxylation sites is 1. The van der Waals surface area contributed by atoms with Gasteiger partial charge in [-0.1, -0.05) is 23.7 Å². The fourth-order valence-corrected chi connectivity index (χ4v) is 2.75. The Morgan fingerprint density at radius 1 is 1.27 bits per heavy atom. The summed E-state index contributed by atoms with van der Waals surface area (Å²) in [5, 5.41) is 10.2. The highest BCUT2D eigenvalue weighted by molar-refractivity contribution is 6.34. The Balaban J connectivity index is 1.60. The van der Waals surface area contributed by atoms with Gasteiger partial charge in [0.1, 0.15) is 12.7 Å². The Bertz CT molecular complexity index is 879. The van der Waals surface area contributed by atoms with Crippen LogP contribution in [0.15, 0.2) is 49.2 Å². The number of hydrogen-bond acceptors (Lipinski definition) is 5. The number of anilines is 2. The summed E-state index contributed by atoms with van der Waals surface area (Å²) in [6, 6.07) is 8.73. The molecule has 0 saturated heterocycles. The summed E-state index contributed by atoms with van der Waals surface area (Å²) in [5.74, 6) is 0.658. The highest BCUT2D eigenvalue weighted by atomic mass is 35.5. The first-order valence-corrected chi connectivity index (χ1v) is 8.23. The van der Waals surface area contributed by atoms with Crippen LogP contribution in [0.2, 0.25) is 5.02 Å². The van der Waals surface area contributed by atoms with Crippen molar-refractivity contribution >= 4 is 29.0 Å². The Kier molecular flexibility index (Phi) is 5.33. The number of carbonyl (C=O) groups excluding carboxylic acids is 1. The quantitative estimate of drug-likeness (QED) is 0.720. The second-order valence-electron chi connectivity index (χ2n) is 5.70. The number of nitrogens with one attached hydrogen (secondary N) is 2. The molecular formula is C17H18ClN7O. The number of amides is 2. The second-order valence-corrected chi connectivity index (χ2v) is 6.11. The molecule has 3 rings (SSSR count). The van der Waals surface area contributed by atoms with Crippen molar-refractivity contribution in [3.8, 4) is 5.82 Å². The summed E-state index contributed by atoms with van der Waals surface area (Å²) in [4.78, 5) is 22.2. The lowest BCUT2D eigenvalue weighted by atomic mass is 10.2. The van der Waals surface area contributed by atoms with E-state index in [0.29, 0.717) is 23.1 Å². The monoisotopic (exact) mass is 371 g/mol. The summed E-state index contributed by atoms with van der Waals surface area (Å²) < 4.78 is 1.56. The molecule has 1 aromatic carbocycles. The largest absolute Gasteiger partial charge is 0.375 e. The van der Waals surface area contributed by atoms with Gasteiger partial charge in [-0.25, -0.2) is 19.4 Å². The number of benzene rings is 1. The van der Waals surface area contributed by atoms with Crippen LogP contribution >= 0.6 is 11.6 Å². The smallest absolute Gasteiger partial charge is 0.319 e. The van der Waals surface area contributed by atoms with Crippen molar-refractivity contribution < 1.29 is 4.79 Å². The van der Waals surface area contributed by atoms with E-state index in [4.69, 9.17) is 11.6 Å². The van der Waals surface area contributed by atoms with Gasteiger partial charge in [0.15, 0.2) is 5.82 Å². The van der Waals surface area contributed by atoms with Gasteiger partial charge in [-0.15, -0.1) is 0 Å². The van der Waals surface area contributed by atoms with Crippen LogP contribution < -0.4 is 15.5 Å². The Morgan fingerprint density at radius 2 is 2.12 bits per heavy atom. The zero-order valence-corrected chi connectivity index (χ0v) is 15.1. The highest BCUT2D eigenvalue weighted by Gasteiger charge is 2.11. The topological polar surface area (TPSA) is 88.0 Å². The first kappa shape index (κ1) is 17.7. The van der Waals surface area contributed by atoms with Crippen molar-refractivity contribution in [1.29, 1.82) is 0 Å². The maximum absolute atomic E-state index is 12.2. The van der Waals surface area contributed by atoms with E-state index in [2.05, 4.69) is 25.7 Å². The van der Waals surface area contributed by atoms with Crippen LogP contribution in [0.4, 0.5) is 16.2 Å². The number of rotatable bonds is 5. The SMILES string of the molecule is CN(C)c1c(Cl)cccc1NC(=O)NCc1ccc(-n2cncn2)nc1. The van der Waals surface area contributed by atoms with Crippen LogP contribution in [-0.4, -0.2) is 39.9 Å². The lowest BCUT2D eigenvalue weighted by molar-refractivity contribution is 0.251. The van der Waals surface area contributed by atoms with Crippen molar-refractivity contribution in [1.82, 2.24) is 25.1 Å². The molecule has 0 radical (unpaired) electrons. The molecule has 0 unspecified atom stereocenters. The summed E-state index contributed by atoms with van der Waals surface area (Å²) >= 11 is 6.20. The molecule has 0 atom stereocenters. The van der Waals surface area contributed by atoms with E-state index in [1.165, 1.54) is 6.33 Å². The molecule has 2 amide bonds. The standard InChI is InChI=1S/C17H18ClN7O/c1-24(2)16-13(18)4-3-5-14(16)23-17(26)21-9-12-6-7-15(20-8-12)25-11-19-10-22-25/h3-8,10-11H,9H2,1-2H3,(H2,21,23,26). The van der Waals surface area contributed by atoms with Gasteiger partial charge < -0.3 is 15.5 Å². The summed E-state index contributed by atoms with van der Waals surface area (Å²) in [6.07, 6.45) is 4.70. The summed E-state index contributed by atoms with van der Waals surface area (Å²) in [6.45, 7) is 0.342. The van der Waals surface area contributed by atoms with E-state index in [9.17, 15) is 4.79 Å². The normalized spacial score (nSPS) is 10.4. The summed E-state index contributed by atoms with van der Waals surface area (Å²) in [5.41, 5.74) is 2.26. The molecule has 0 aliphatic heterocycles. The van der Waals surface area contributed by atoms with Gasteiger partial charge in [0.2, 0.25) is 0 Å². The number of pyridine rings is 1. The fourth-order valence-electron chi connectivity index (χ4n) is 2.40. The molecule has 26 heavy (non-hydrogen) atoms. The van der Waals surface area contributed by atoms with Crippen molar-refractivity contribution in [3.63, 3.8) is 0 Å². The maximum atomic E-state index is 12.2. The van der Waals surface area contributed by atoms with E-state index in [1.54, 1.807) is 35.4 Å². The first-order valence-electron chi connectivity index (χ1n) is 7.85. The van der Waals surface area contributed by atoms with Crippen molar-refractivity contribution in [3.05, 3.63) is 59.8 Å². The van der Waals surface area contributed by atoms with Crippen LogP contribution in [-0.2, 0) is 6.54 Å². The zero-order valence-electron chi connectivity index (χ0n) is 14.3. The lowest BCUT2D eigenvalue weighted by Gasteiger charge is -2.19. The van der Waals surface area contributed by atoms with E-state index < -0.39 is 0 Å². The summed E-state index contributed by atoms with van der Waals surface area (Å²) in [7, 11) is 3.74. The predicted molar refractivity (Wildman–Crippen MR) is 101 cm³/mol. The van der Waals surface area contributed by atoms with Crippen molar-refractivity contribution in [2.45, 2.75) is 6.54 Å². The van der Waals surface area contributed by atoms with Gasteiger partial charge in [-0.2, -0.15) is 5.10 Å². The Morgan fingerprint density at radius 3 is 2.77 bits per heavy atom. The second kappa shape index (κ2) is 7.83. The van der Waals surface area contributed by atoms with Crippen LogP contribution in [0.25, 0.3) is 5.82 Å². The first-order chi connectivity index (χ1) is 12.5. The number of aromatic nitrogens is 4. The van der Waals surface area contributed by atoms with Crippen molar-refractivity contribution in [2.24, 2.45) is 0 Å². The molecule has 3 aromatic rings.